The van der Waals surface area contributed by atoms with Gasteiger partial charge in [-0.1, -0.05) is 0 Å². The Labute approximate surface area is 110 Å². The minimum atomic E-state index is -0.397. The number of hydrogen-bond acceptors (Lipinski definition) is 0. The van der Waals surface area contributed by atoms with Crippen molar-refractivity contribution in [2.45, 2.75) is 24.6 Å². The summed E-state index contributed by atoms with van der Waals surface area (Å²) in [4.78, 5) is 0. The summed E-state index contributed by atoms with van der Waals surface area (Å²) in [7, 11) is 0. The second kappa shape index (κ2) is 3.69. The predicted molar refractivity (Wildman–Crippen MR) is 66.3 cm³/mol. The molecule has 2 bridgehead atoms. The predicted octanol–water partition coefficient (Wildman–Crippen LogP) is 4.54. The molecule has 1 aromatic carbocycles. The summed E-state index contributed by atoms with van der Waals surface area (Å²) >= 11 is 6.43. The van der Waals surface area contributed by atoms with Crippen LogP contribution in [0.15, 0.2) is 18.2 Å². The standard InChI is InChI=1S/C15H15ClF2/c16-15(10-6-9(17)3-4-11(10)18)14-12-7-1-2-8(5-7)13(12)14/h3-4,6-8,12-15H,1-2,5H2. The monoisotopic (exact) mass is 268 g/mol. The van der Waals surface area contributed by atoms with Gasteiger partial charge >= 0.3 is 0 Å². The summed E-state index contributed by atoms with van der Waals surface area (Å²) in [5.41, 5.74) is 0.357. The lowest BCUT2D eigenvalue weighted by atomic mass is 9.96. The van der Waals surface area contributed by atoms with E-state index < -0.39 is 5.82 Å². The third-order valence-electron chi connectivity index (χ3n) is 5.39. The highest BCUT2D eigenvalue weighted by molar-refractivity contribution is 6.21. The largest absolute Gasteiger partial charge is 0.207 e. The molecule has 0 N–H and O–H groups in total. The van der Waals surface area contributed by atoms with Crippen LogP contribution in [0.4, 0.5) is 8.78 Å². The van der Waals surface area contributed by atoms with Crippen molar-refractivity contribution in [2.75, 3.05) is 0 Å². The van der Waals surface area contributed by atoms with E-state index in [1.165, 1.54) is 31.4 Å². The van der Waals surface area contributed by atoms with E-state index in [-0.39, 0.29) is 11.2 Å². The maximum atomic E-state index is 13.7. The molecular formula is C15H15ClF2. The van der Waals surface area contributed by atoms with E-state index in [4.69, 9.17) is 11.6 Å². The molecule has 3 heteroatoms. The first-order valence-corrected chi connectivity index (χ1v) is 7.19. The first kappa shape index (κ1) is 11.2. The highest BCUT2D eigenvalue weighted by Crippen LogP contribution is 2.73. The van der Waals surface area contributed by atoms with Crippen LogP contribution in [-0.4, -0.2) is 0 Å². The molecule has 0 aromatic heterocycles. The van der Waals surface area contributed by atoms with Crippen LogP contribution >= 0.6 is 11.6 Å². The average Bonchev–Trinajstić information content (AvgIpc) is 2.79. The summed E-state index contributed by atoms with van der Waals surface area (Å²) in [6, 6.07) is 3.61. The van der Waals surface area contributed by atoms with Crippen LogP contribution in [0.1, 0.15) is 30.2 Å². The van der Waals surface area contributed by atoms with Crippen LogP contribution < -0.4 is 0 Å². The van der Waals surface area contributed by atoms with E-state index in [2.05, 4.69) is 0 Å². The number of hydrogen-bond donors (Lipinski definition) is 0. The van der Waals surface area contributed by atoms with Gasteiger partial charge in [0.1, 0.15) is 11.6 Å². The molecule has 0 nitrogen and oxygen atoms in total. The van der Waals surface area contributed by atoms with E-state index in [0.717, 1.165) is 17.9 Å². The van der Waals surface area contributed by atoms with Gasteiger partial charge in [0.25, 0.3) is 0 Å². The van der Waals surface area contributed by atoms with E-state index in [9.17, 15) is 8.78 Å². The molecule has 5 atom stereocenters. The third kappa shape index (κ3) is 1.41. The minimum absolute atomic E-state index is 0.348. The Morgan fingerprint density at radius 2 is 1.78 bits per heavy atom. The molecule has 3 fully saturated rings. The molecule has 96 valence electrons. The third-order valence-corrected chi connectivity index (χ3v) is 5.91. The van der Waals surface area contributed by atoms with Crippen LogP contribution in [0.5, 0.6) is 0 Å². The number of rotatable bonds is 2. The Morgan fingerprint density at radius 3 is 2.44 bits per heavy atom. The van der Waals surface area contributed by atoms with Crippen LogP contribution in [0.25, 0.3) is 0 Å². The lowest BCUT2D eigenvalue weighted by Crippen LogP contribution is -2.06. The quantitative estimate of drug-likeness (QED) is 0.691. The van der Waals surface area contributed by atoms with Crippen molar-refractivity contribution in [1.29, 1.82) is 0 Å². The summed E-state index contributed by atoms with van der Waals surface area (Å²) < 4.78 is 27.0. The SMILES string of the molecule is Fc1ccc(F)c(C(Cl)C2C3C4CCC(C4)C32)c1. The smallest absolute Gasteiger partial charge is 0.128 e. The van der Waals surface area contributed by atoms with E-state index in [1.54, 1.807) is 0 Å². The molecule has 0 saturated heterocycles. The molecule has 3 aliphatic rings. The van der Waals surface area contributed by atoms with Crippen molar-refractivity contribution in [1.82, 2.24) is 0 Å². The molecular weight excluding hydrogens is 254 g/mol. The van der Waals surface area contributed by atoms with E-state index in [1.807, 2.05) is 0 Å². The van der Waals surface area contributed by atoms with Crippen molar-refractivity contribution in [3.8, 4) is 0 Å². The number of halogens is 3. The van der Waals surface area contributed by atoms with Gasteiger partial charge in [-0.3, -0.25) is 0 Å². The van der Waals surface area contributed by atoms with E-state index in [0.29, 0.717) is 23.3 Å². The molecule has 3 saturated carbocycles. The van der Waals surface area contributed by atoms with Crippen molar-refractivity contribution in [3.05, 3.63) is 35.4 Å². The molecule has 0 spiro atoms. The normalized spacial score (nSPS) is 41.8. The fourth-order valence-corrected chi connectivity index (χ4v) is 5.22. The lowest BCUT2D eigenvalue weighted by molar-refractivity contribution is 0.448. The first-order valence-electron chi connectivity index (χ1n) is 6.76. The van der Waals surface area contributed by atoms with Gasteiger partial charge in [0, 0.05) is 5.56 Å². The zero-order valence-electron chi connectivity index (χ0n) is 9.95. The summed E-state index contributed by atoms with van der Waals surface area (Å²) in [5, 5.41) is -0.348. The van der Waals surface area contributed by atoms with Gasteiger partial charge in [-0.15, -0.1) is 11.6 Å². The van der Waals surface area contributed by atoms with Crippen molar-refractivity contribution in [3.63, 3.8) is 0 Å². The van der Waals surface area contributed by atoms with Gasteiger partial charge in [-0.05, 0) is 67.1 Å². The number of alkyl halides is 1. The summed E-state index contributed by atoms with van der Waals surface area (Å²) in [6.07, 6.45) is 3.98. The Kier molecular flexibility index (Phi) is 2.30. The van der Waals surface area contributed by atoms with Crippen LogP contribution in [0.2, 0.25) is 0 Å². The first-order chi connectivity index (χ1) is 8.66. The summed E-state index contributed by atoms with van der Waals surface area (Å²) in [6.45, 7) is 0. The van der Waals surface area contributed by atoms with Gasteiger partial charge < -0.3 is 0 Å². The van der Waals surface area contributed by atoms with Crippen molar-refractivity contribution >= 4 is 11.6 Å². The molecule has 1 aromatic rings. The van der Waals surface area contributed by atoms with Gasteiger partial charge in [-0.2, -0.15) is 0 Å². The lowest BCUT2D eigenvalue weighted by Gasteiger charge is -2.15. The Bertz CT molecular complexity index is 485. The highest BCUT2D eigenvalue weighted by atomic mass is 35.5. The maximum absolute atomic E-state index is 13.7. The second-order valence-corrected chi connectivity index (χ2v) is 6.60. The number of fused-ring (bicyclic) bond motifs is 5. The van der Waals surface area contributed by atoms with E-state index >= 15 is 0 Å². The average molecular weight is 269 g/mol. The molecule has 0 heterocycles. The maximum Gasteiger partial charge on any atom is 0.128 e. The molecule has 3 aliphatic carbocycles. The molecule has 5 unspecified atom stereocenters. The second-order valence-electron chi connectivity index (χ2n) is 6.13. The highest BCUT2D eigenvalue weighted by Gasteiger charge is 2.66. The zero-order chi connectivity index (χ0) is 12.4. The van der Waals surface area contributed by atoms with Crippen molar-refractivity contribution in [2.24, 2.45) is 29.6 Å². The Morgan fingerprint density at radius 1 is 1.11 bits per heavy atom. The van der Waals surface area contributed by atoms with Gasteiger partial charge in [-0.25, -0.2) is 8.78 Å². The van der Waals surface area contributed by atoms with Gasteiger partial charge in [0.2, 0.25) is 0 Å². The Balaban J connectivity index is 1.61. The fraction of sp³-hybridized carbons (Fsp3) is 0.600. The Hall–Kier alpha value is -0.630. The van der Waals surface area contributed by atoms with Crippen LogP contribution in [0.3, 0.4) is 0 Å². The number of benzene rings is 1. The molecule has 0 radical (unpaired) electrons. The van der Waals surface area contributed by atoms with Gasteiger partial charge in [0.15, 0.2) is 0 Å². The zero-order valence-corrected chi connectivity index (χ0v) is 10.7. The minimum Gasteiger partial charge on any atom is -0.207 e. The fourth-order valence-electron chi connectivity index (χ4n) is 4.72. The van der Waals surface area contributed by atoms with Crippen LogP contribution in [0, 0.1) is 41.2 Å². The van der Waals surface area contributed by atoms with Crippen LogP contribution in [-0.2, 0) is 0 Å². The van der Waals surface area contributed by atoms with Gasteiger partial charge in [0.05, 0.1) is 5.38 Å². The molecule has 4 rings (SSSR count). The molecule has 0 aliphatic heterocycles. The summed E-state index contributed by atoms with van der Waals surface area (Å²) in [5.74, 6) is 2.61. The molecule has 18 heavy (non-hydrogen) atoms. The topological polar surface area (TPSA) is 0 Å². The molecule has 0 amide bonds. The van der Waals surface area contributed by atoms with Crippen molar-refractivity contribution < 1.29 is 8.78 Å².